The maximum absolute atomic E-state index is 11.6. The minimum atomic E-state index is -1.88. The molecule has 0 saturated carbocycles. The highest BCUT2D eigenvalue weighted by atomic mass is 28.4. The number of carbonyl (C=O) groups is 1. The predicted molar refractivity (Wildman–Crippen MR) is 96.4 cm³/mol. The second-order valence-electron chi connectivity index (χ2n) is 7.53. The lowest BCUT2D eigenvalue weighted by molar-refractivity contribution is -0.136. The summed E-state index contributed by atoms with van der Waals surface area (Å²) in [6.07, 6.45) is 4.04. The van der Waals surface area contributed by atoms with Crippen LogP contribution in [0, 0.1) is 5.92 Å². The summed E-state index contributed by atoms with van der Waals surface area (Å²) in [7, 11) is -0.475. The van der Waals surface area contributed by atoms with E-state index in [0.717, 1.165) is 0 Å². The van der Waals surface area contributed by atoms with E-state index < -0.39 is 8.32 Å². The highest BCUT2D eigenvalue weighted by molar-refractivity contribution is 6.74. The third-order valence-electron chi connectivity index (χ3n) is 4.63. The SMILES string of the molecule is C/C=C(\C)[C@H](O[Si](C)(C)C(C)(C)C)[C@H](C)/C=C(/C)C(=O)OC. The molecule has 2 atom stereocenters. The highest BCUT2D eigenvalue weighted by Crippen LogP contribution is 2.39. The molecule has 0 aliphatic heterocycles. The van der Waals surface area contributed by atoms with E-state index >= 15 is 0 Å². The number of rotatable bonds is 6. The summed E-state index contributed by atoms with van der Waals surface area (Å²) in [5, 5.41) is 0.153. The number of carbonyl (C=O) groups excluding carboxylic acids is 1. The van der Waals surface area contributed by atoms with Gasteiger partial charge in [-0.3, -0.25) is 0 Å². The second-order valence-corrected chi connectivity index (χ2v) is 12.3. The summed E-state index contributed by atoms with van der Waals surface area (Å²) >= 11 is 0. The Labute approximate surface area is 137 Å². The molecular formula is C18H34O3Si. The first-order chi connectivity index (χ1) is 9.87. The fraction of sp³-hybridized carbons (Fsp3) is 0.722. The number of allylic oxidation sites excluding steroid dienone is 1. The number of methoxy groups -OCH3 is 1. The molecule has 0 saturated heterocycles. The van der Waals surface area contributed by atoms with E-state index in [1.807, 2.05) is 13.0 Å². The van der Waals surface area contributed by atoms with Gasteiger partial charge in [-0.25, -0.2) is 4.79 Å². The van der Waals surface area contributed by atoms with Gasteiger partial charge in [0.1, 0.15) is 0 Å². The molecule has 0 amide bonds. The Morgan fingerprint density at radius 3 is 2.05 bits per heavy atom. The van der Waals surface area contributed by atoms with Crippen LogP contribution in [0.1, 0.15) is 48.5 Å². The highest BCUT2D eigenvalue weighted by Gasteiger charge is 2.40. The van der Waals surface area contributed by atoms with Gasteiger partial charge in [0.2, 0.25) is 0 Å². The maximum Gasteiger partial charge on any atom is 0.333 e. The first-order valence-corrected chi connectivity index (χ1v) is 10.9. The van der Waals surface area contributed by atoms with Gasteiger partial charge < -0.3 is 9.16 Å². The van der Waals surface area contributed by atoms with Gasteiger partial charge in [0.15, 0.2) is 8.32 Å². The molecule has 3 nitrogen and oxygen atoms in total. The van der Waals surface area contributed by atoms with Crippen LogP contribution in [0.3, 0.4) is 0 Å². The first kappa shape index (κ1) is 21.1. The number of ether oxygens (including phenoxy) is 1. The molecule has 0 aromatic carbocycles. The van der Waals surface area contributed by atoms with Crippen molar-refractivity contribution in [3.05, 3.63) is 23.3 Å². The van der Waals surface area contributed by atoms with Crippen LogP contribution in [0.2, 0.25) is 18.1 Å². The Balaban J connectivity index is 5.46. The van der Waals surface area contributed by atoms with Crippen LogP contribution in [-0.4, -0.2) is 27.5 Å². The molecule has 0 radical (unpaired) electrons. The van der Waals surface area contributed by atoms with Gasteiger partial charge in [-0.2, -0.15) is 0 Å². The molecule has 0 aliphatic carbocycles. The van der Waals surface area contributed by atoms with Gasteiger partial charge in [0.25, 0.3) is 0 Å². The van der Waals surface area contributed by atoms with Crippen molar-refractivity contribution in [1.82, 2.24) is 0 Å². The van der Waals surface area contributed by atoms with E-state index in [1.165, 1.54) is 12.7 Å². The van der Waals surface area contributed by atoms with E-state index in [4.69, 9.17) is 9.16 Å². The Morgan fingerprint density at radius 2 is 1.68 bits per heavy atom. The minimum absolute atomic E-state index is 0.00880. The van der Waals surface area contributed by atoms with Gasteiger partial charge in [0.05, 0.1) is 13.2 Å². The normalized spacial score (nSPS) is 17.2. The van der Waals surface area contributed by atoms with Crippen molar-refractivity contribution in [2.75, 3.05) is 7.11 Å². The summed E-state index contributed by atoms with van der Waals surface area (Å²) in [6.45, 7) is 19.2. The fourth-order valence-electron chi connectivity index (χ4n) is 1.98. The van der Waals surface area contributed by atoms with Gasteiger partial charge >= 0.3 is 5.97 Å². The molecule has 22 heavy (non-hydrogen) atoms. The van der Waals surface area contributed by atoms with E-state index in [9.17, 15) is 4.79 Å². The lowest BCUT2D eigenvalue weighted by Gasteiger charge is -2.41. The molecule has 4 heteroatoms. The van der Waals surface area contributed by atoms with E-state index in [-0.39, 0.29) is 23.0 Å². The zero-order valence-electron chi connectivity index (χ0n) is 16.0. The number of hydrogen-bond acceptors (Lipinski definition) is 3. The third-order valence-corrected chi connectivity index (χ3v) is 9.09. The third kappa shape index (κ3) is 5.73. The van der Waals surface area contributed by atoms with Gasteiger partial charge in [-0.1, -0.05) is 39.8 Å². The van der Waals surface area contributed by atoms with E-state index in [0.29, 0.717) is 5.57 Å². The average Bonchev–Trinajstić information content (AvgIpc) is 2.41. The van der Waals surface area contributed by atoms with Crippen LogP contribution < -0.4 is 0 Å². The fourth-order valence-corrected chi connectivity index (χ4v) is 3.37. The van der Waals surface area contributed by atoms with Crippen molar-refractivity contribution in [1.29, 1.82) is 0 Å². The van der Waals surface area contributed by atoms with Crippen LogP contribution >= 0.6 is 0 Å². The molecule has 0 N–H and O–H groups in total. The van der Waals surface area contributed by atoms with E-state index in [1.54, 1.807) is 6.92 Å². The second kappa shape index (κ2) is 8.11. The lowest BCUT2D eigenvalue weighted by atomic mass is 9.96. The Morgan fingerprint density at radius 1 is 1.18 bits per heavy atom. The van der Waals surface area contributed by atoms with Crippen molar-refractivity contribution >= 4 is 14.3 Å². The van der Waals surface area contributed by atoms with Crippen LogP contribution in [0.4, 0.5) is 0 Å². The van der Waals surface area contributed by atoms with Crippen molar-refractivity contribution in [3.8, 4) is 0 Å². The number of hydrogen-bond donors (Lipinski definition) is 0. The summed E-state index contributed by atoms with van der Waals surface area (Å²) in [5.41, 5.74) is 1.83. The molecule has 0 aromatic rings. The molecule has 0 fully saturated rings. The topological polar surface area (TPSA) is 35.5 Å². The first-order valence-electron chi connectivity index (χ1n) is 7.94. The lowest BCUT2D eigenvalue weighted by Crippen LogP contribution is -2.45. The van der Waals surface area contributed by atoms with Crippen LogP contribution in [0.15, 0.2) is 23.3 Å². The summed E-state index contributed by atoms with van der Waals surface area (Å²) < 4.78 is 11.4. The molecular weight excluding hydrogens is 292 g/mol. The van der Waals surface area contributed by atoms with Gasteiger partial charge in [-0.15, -0.1) is 0 Å². The van der Waals surface area contributed by atoms with Crippen LogP contribution in [0.25, 0.3) is 0 Å². The summed E-state index contributed by atoms with van der Waals surface area (Å²) in [6, 6.07) is 0. The summed E-state index contributed by atoms with van der Waals surface area (Å²) in [5.74, 6) is -0.166. The van der Waals surface area contributed by atoms with Crippen LogP contribution in [-0.2, 0) is 14.0 Å². The summed E-state index contributed by atoms with van der Waals surface area (Å²) in [4.78, 5) is 11.6. The van der Waals surface area contributed by atoms with Crippen molar-refractivity contribution in [3.63, 3.8) is 0 Å². The number of esters is 1. The molecule has 0 unspecified atom stereocenters. The monoisotopic (exact) mass is 326 g/mol. The van der Waals surface area contributed by atoms with Crippen molar-refractivity contribution in [2.24, 2.45) is 5.92 Å². The molecule has 0 heterocycles. The Bertz CT molecular complexity index is 442. The maximum atomic E-state index is 11.6. The quantitative estimate of drug-likeness (QED) is 0.295. The average molecular weight is 327 g/mol. The molecule has 0 spiro atoms. The largest absolute Gasteiger partial charge is 0.466 e. The zero-order chi connectivity index (χ0) is 17.7. The van der Waals surface area contributed by atoms with Crippen molar-refractivity contribution in [2.45, 2.75) is 72.7 Å². The molecule has 0 bridgehead atoms. The molecule has 128 valence electrons. The molecule has 0 aromatic heterocycles. The minimum Gasteiger partial charge on any atom is -0.466 e. The molecule has 0 rings (SSSR count). The van der Waals surface area contributed by atoms with Gasteiger partial charge in [-0.05, 0) is 44.5 Å². The van der Waals surface area contributed by atoms with Gasteiger partial charge in [0, 0.05) is 11.5 Å². The van der Waals surface area contributed by atoms with Crippen LogP contribution in [0.5, 0.6) is 0 Å². The Kier molecular flexibility index (Phi) is 7.79. The van der Waals surface area contributed by atoms with Crippen molar-refractivity contribution < 1.29 is 14.0 Å². The smallest absolute Gasteiger partial charge is 0.333 e. The zero-order valence-corrected chi connectivity index (χ0v) is 17.0. The molecule has 0 aliphatic rings. The standard InChI is InChI=1S/C18H34O3Si/c1-11-13(2)16(21-22(9,10)18(5,6)7)14(3)12-15(4)17(19)20-8/h11-12,14,16H,1-10H3/b13-11+,15-12-/t14-,16+/m1/s1. The van der Waals surface area contributed by atoms with E-state index in [2.05, 4.69) is 53.8 Å². The predicted octanol–water partition coefficient (Wildman–Crippen LogP) is 5.10. The Hall–Kier alpha value is -0.873.